The maximum Gasteiger partial charge on any atom is 0.346 e. The monoisotopic (exact) mass is 196 g/mol. The van der Waals surface area contributed by atoms with Crippen LogP contribution in [0.4, 0.5) is 0 Å². The quantitative estimate of drug-likeness (QED) is 0.754. The van der Waals surface area contributed by atoms with Crippen LogP contribution in [0.15, 0.2) is 6.07 Å². The predicted molar refractivity (Wildman–Crippen MR) is 50.3 cm³/mol. The second kappa shape index (κ2) is 2.56. The molecule has 1 N–H and O–H groups in total. The Balaban J connectivity index is 2.72. The molecule has 2 heterocycles. The fourth-order valence-electron chi connectivity index (χ4n) is 1.19. The van der Waals surface area contributed by atoms with Gasteiger partial charge in [-0.3, -0.25) is 0 Å². The number of aromatic nitrogens is 2. The highest BCUT2D eigenvalue weighted by Gasteiger charge is 2.12. The molecule has 0 amide bonds. The number of carboxylic acid groups (broad SMARTS) is 1. The van der Waals surface area contributed by atoms with Crippen LogP contribution in [0.1, 0.15) is 15.5 Å². The molecule has 0 aliphatic heterocycles. The molecule has 4 nitrogen and oxygen atoms in total. The Kier molecular flexibility index (Phi) is 1.63. The zero-order valence-electron chi connectivity index (χ0n) is 7.24. The fraction of sp³-hybridized carbons (Fsp3) is 0.250. The third kappa shape index (κ3) is 1.12. The van der Waals surface area contributed by atoms with Gasteiger partial charge in [0.1, 0.15) is 15.5 Å². The Labute approximate surface area is 78.4 Å². The first-order valence-corrected chi connectivity index (χ1v) is 4.57. The van der Waals surface area contributed by atoms with Crippen molar-refractivity contribution in [3.63, 3.8) is 0 Å². The average Bonchev–Trinajstić information content (AvgIpc) is 2.55. The number of hydrogen-bond donors (Lipinski definition) is 1. The van der Waals surface area contributed by atoms with Crippen molar-refractivity contribution in [3.05, 3.63) is 16.8 Å². The Morgan fingerprint density at radius 2 is 2.38 bits per heavy atom. The van der Waals surface area contributed by atoms with E-state index in [2.05, 4.69) is 4.98 Å². The van der Waals surface area contributed by atoms with Crippen molar-refractivity contribution < 1.29 is 9.90 Å². The van der Waals surface area contributed by atoms with E-state index in [-0.39, 0.29) is 0 Å². The van der Waals surface area contributed by atoms with Crippen LogP contribution in [0, 0.1) is 6.92 Å². The van der Waals surface area contributed by atoms with E-state index in [4.69, 9.17) is 5.11 Å². The first-order chi connectivity index (χ1) is 6.09. The molecule has 0 saturated carbocycles. The number of rotatable bonds is 1. The van der Waals surface area contributed by atoms with E-state index >= 15 is 0 Å². The van der Waals surface area contributed by atoms with E-state index in [1.807, 2.05) is 18.5 Å². The summed E-state index contributed by atoms with van der Waals surface area (Å²) in [7, 11) is 1.88. The van der Waals surface area contributed by atoms with Gasteiger partial charge in [-0.2, -0.15) is 0 Å². The zero-order valence-corrected chi connectivity index (χ0v) is 8.05. The normalized spacial score (nSPS) is 10.9. The number of nitrogens with zero attached hydrogens (tertiary/aromatic N) is 2. The molecule has 68 valence electrons. The van der Waals surface area contributed by atoms with Gasteiger partial charge in [-0.15, -0.1) is 11.3 Å². The molecule has 0 radical (unpaired) electrons. The van der Waals surface area contributed by atoms with Gasteiger partial charge in [-0.25, -0.2) is 9.78 Å². The van der Waals surface area contributed by atoms with Crippen LogP contribution in [0.25, 0.3) is 10.3 Å². The average molecular weight is 196 g/mol. The van der Waals surface area contributed by atoms with Crippen LogP contribution in [-0.4, -0.2) is 20.6 Å². The summed E-state index contributed by atoms with van der Waals surface area (Å²) in [6.45, 7) is 1.90. The summed E-state index contributed by atoms with van der Waals surface area (Å²) < 4.78 is 1.89. The number of aryl methyl sites for hydroxylation is 2. The third-order valence-corrected chi connectivity index (χ3v) is 3.02. The molecule has 0 unspecified atom stereocenters. The molecule has 0 fully saturated rings. The summed E-state index contributed by atoms with van der Waals surface area (Å²) in [6.07, 6.45) is 0. The molecule has 2 aromatic heterocycles. The van der Waals surface area contributed by atoms with E-state index in [0.717, 1.165) is 16.2 Å². The summed E-state index contributed by atoms with van der Waals surface area (Å²) in [5.74, 6) is 0.0128. The van der Waals surface area contributed by atoms with Gasteiger partial charge < -0.3 is 9.67 Å². The van der Waals surface area contributed by atoms with Gasteiger partial charge in [0.25, 0.3) is 0 Å². The van der Waals surface area contributed by atoms with Crippen LogP contribution in [0.2, 0.25) is 0 Å². The molecule has 2 rings (SSSR count). The minimum Gasteiger partial charge on any atom is -0.477 e. The molecule has 5 heteroatoms. The van der Waals surface area contributed by atoms with Crippen LogP contribution in [0.3, 0.4) is 0 Å². The number of hydrogen-bond acceptors (Lipinski definition) is 3. The minimum absolute atomic E-state index is 0.341. The van der Waals surface area contributed by atoms with Crippen LogP contribution in [-0.2, 0) is 7.05 Å². The molecule has 0 bridgehead atoms. The maximum atomic E-state index is 10.6. The Bertz CT molecular complexity index is 484. The highest BCUT2D eigenvalue weighted by molar-refractivity contribution is 7.20. The van der Waals surface area contributed by atoms with Gasteiger partial charge in [0.15, 0.2) is 0 Å². The molecule has 0 saturated heterocycles. The second-order valence-electron chi connectivity index (χ2n) is 2.82. The Hall–Kier alpha value is -1.36. The molecular weight excluding hydrogens is 188 g/mol. The highest BCUT2D eigenvalue weighted by atomic mass is 32.1. The molecule has 13 heavy (non-hydrogen) atoms. The van der Waals surface area contributed by atoms with Gasteiger partial charge in [0, 0.05) is 7.05 Å². The largest absolute Gasteiger partial charge is 0.477 e. The van der Waals surface area contributed by atoms with Gasteiger partial charge in [-0.1, -0.05) is 0 Å². The number of carboxylic acids is 1. The van der Waals surface area contributed by atoms with Crippen molar-refractivity contribution in [1.29, 1.82) is 0 Å². The van der Waals surface area contributed by atoms with Gasteiger partial charge in [-0.05, 0) is 13.0 Å². The molecule has 0 atom stereocenters. The first-order valence-electron chi connectivity index (χ1n) is 3.75. The topological polar surface area (TPSA) is 55.1 Å². The first kappa shape index (κ1) is 8.25. The van der Waals surface area contributed by atoms with Crippen molar-refractivity contribution in [2.75, 3.05) is 0 Å². The van der Waals surface area contributed by atoms with Gasteiger partial charge >= 0.3 is 5.97 Å². The summed E-state index contributed by atoms with van der Waals surface area (Å²) in [4.78, 5) is 16.0. The second-order valence-corrected chi connectivity index (χ2v) is 3.85. The molecule has 0 spiro atoms. The van der Waals surface area contributed by atoms with Crippen LogP contribution >= 0.6 is 11.3 Å². The predicted octanol–water partition coefficient (Wildman–Crippen LogP) is 1.64. The third-order valence-electron chi connectivity index (χ3n) is 2.01. The smallest absolute Gasteiger partial charge is 0.346 e. The molecule has 0 aliphatic carbocycles. The maximum absolute atomic E-state index is 10.6. The molecule has 0 aromatic carbocycles. The van der Waals surface area contributed by atoms with E-state index in [9.17, 15) is 4.79 Å². The number of aromatic carboxylic acids is 1. The van der Waals surface area contributed by atoms with Crippen molar-refractivity contribution in [1.82, 2.24) is 9.55 Å². The van der Waals surface area contributed by atoms with E-state index in [1.165, 1.54) is 11.3 Å². The lowest BCUT2D eigenvalue weighted by molar-refractivity contribution is 0.0702. The zero-order chi connectivity index (χ0) is 9.59. The highest BCUT2D eigenvalue weighted by Crippen LogP contribution is 2.25. The Morgan fingerprint density at radius 1 is 1.69 bits per heavy atom. The van der Waals surface area contributed by atoms with E-state index < -0.39 is 5.97 Å². The molecule has 0 aliphatic rings. The van der Waals surface area contributed by atoms with E-state index in [1.54, 1.807) is 6.07 Å². The number of imidazole rings is 1. The molecule has 2 aromatic rings. The summed E-state index contributed by atoms with van der Waals surface area (Å²) in [6, 6.07) is 1.66. The molecular formula is C8H8N2O2S. The van der Waals surface area contributed by atoms with Gasteiger partial charge in [0.05, 0.1) is 5.52 Å². The number of fused-ring (bicyclic) bond motifs is 1. The standard InChI is InChI=1S/C8H8N2O2S/c1-4-9-7-5(10(4)2)3-6(13-7)8(11)12/h3H,1-2H3,(H,11,12). The number of thiophene rings is 1. The van der Waals surface area contributed by atoms with Crippen LogP contribution < -0.4 is 0 Å². The lowest BCUT2D eigenvalue weighted by atomic mass is 10.4. The van der Waals surface area contributed by atoms with Crippen molar-refractivity contribution in [2.24, 2.45) is 7.05 Å². The fourth-order valence-corrected chi connectivity index (χ4v) is 2.14. The lowest BCUT2D eigenvalue weighted by Crippen LogP contribution is -1.93. The summed E-state index contributed by atoms with van der Waals surface area (Å²) in [5.41, 5.74) is 0.889. The minimum atomic E-state index is -0.888. The van der Waals surface area contributed by atoms with Crippen molar-refractivity contribution in [3.8, 4) is 0 Å². The SMILES string of the molecule is Cc1nc2sc(C(=O)O)cc2n1C. The van der Waals surface area contributed by atoms with Crippen LogP contribution in [0.5, 0.6) is 0 Å². The van der Waals surface area contributed by atoms with Gasteiger partial charge in [0.2, 0.25) is 0 Å². The van der Waals surface area contributed by atoms with Crippen molar-refractivity contribution >= 4 is 27.7 Å². The van der Waals surface area contributed by atoms with E-state index in [0.29, 0.717) is 4.88 Å². The number of carbonyl (C=O) groups is 1. The summed E-state index contributed by atoms with van der Waals surface area (Å²) in [5, 5.41) is 8.74. The Morgan fingerprint density at radius 3 is 2.92 bits per heavy atom. The lowest BCUT2D eigenvalue weighted by Gasteiger charge is -1.92. The summed E-state index contributed by atoms with van der Waals surface area (Å²) >= 11 is 1.21. The van der Waals surface area contributed by atoms with Crippen molar-refractivity contribution in [2.45, 2.75) is 6.92 Å².